The second-order valence-electron chi connectivity index (χ2n) is 5.75. The Morgan fingerprint density at radius 3 is 2.81 bits per heavy atom. The average Bonchev–Trinajstić information content (AvgIpc) is 2.86. The Balaban J connectivity index is 1.80. The predicted octanol–water partition coefficient (Wildman–Crippen LogP) is 0.868. The van der Waals surface area contributed by atoms with Gasteiger partial charge in [-0.25, -0.2) is 0 Å². The van der Waals surface area contributed by atoms with Crippen LogP contribution in [0.15, 0.2) is 0 Å². The van der Waals surface area contributed by atoms with E-state index < -0.39 is 0 Å². The summed E-state index contributed by atoms with van der Waals surface area (Å²) in [6.45, 7) is 8.60. The number of likely N-dealkylation sites (tertiary alicyclic amines) is 1. The van der Waals surface area contributed by atoms with Gasteiger partial charge in [-0.05, 0) is 45.4 Å². The Morgan fingerprint density at radius 1 is 1.38 bits per heavy atom. The number of rotatable bonds is 4. The monoisotopic (exact) mass is 225 g/mol. The maximum atomic E-state index is 3.54. The zero-order valence-electron chi connectivity index (χ0n) is 11.1. The number of nitrogens with zero attached hydrogens (tertiary/aromatic N) is 2. The van der Waals surface area contributed by atoms with Crippen molar-refractivity contribution in [2.75, 3.05) is 46.8 Å². The molecule has 0 bridgehead atoms. The van der Waals surface area contributed by atoms with Crippen molar-refractivity contribution in [3.8, 4) is 0 Å². The molecule has 0 aliphatic carbocycles. The number of hydrogen-bond acceptors (Lipinski definition) is 3. The molecule has 0 aromatic heterocycles. The van der Waals surface area contributed by atoms with E-state index in [1.807, 2.05) is 0 Å². The molecule has 3 atom stereocenters. The predicted molar refractivity (Wildman–Crippen MR) is 68.7 cm³/mol. The highest BCUT2D eigenvalue weighted by atomic mass is 15.2. The van der Waals surface area contributed by atoms with Gasteiger partial charge in [0, 0.05) is 25.7 Å². The highest BCUT2D eigenvalue weighted by Gasteiger charge is 2.30. The van der Waals surface area contributed by atoms with Crippen LogP contribution >= 0.6 is 0 Å². The third-order valence-corrected chi connectivity index (χ3v) is 4.43. The summed E-state index contributed by atoms with van der Waals surface area (Å²) < 4.78 is 0. The van der Waals surface area contributed by atoms with Crippen molar-refractivity contribution in [2.45, 2.75) is 25.8 Å². The molecule has 0 aromatic rings. The highest BCUT2D eigenvalue weighted by Crippen LogP contribution is 2.21. The minimum atomic E-state index is 0.774. The number of hydrogen-bond donors (Lipinski definition) is 1. The first kappa shape index (κ1) is 12.3. The fourth-order valence-corrected chi connectivity index (χ4v) is 3.37. The lowest BCUT2D eigenvalue weighted by molar-refractivity contribution is 0.180. The molecule has 16 heavy (non-hydrogen) atoms. The Hall–Kier alpha value is -0.120. The largest absolute Gasteiger partial charge is 0.315 e. The maximum Gasteiger partial charge on any atom is 0.0257 e. The summed E-state index contributed by atoms with van der Waals surface area (Å²) in [4.78, 5) is 5.07. The standard InChI is InChI=1S/C13H27N3/c1-4-12-7-14-8-13(12)16(3)10-11-5-6-15(2)9-11/h11-14H,4-10H2,1-3H3. The van der Waals surface area contributed by atoms with E-state index >= 15 is 0 Å². The summed E-state index contributed by atoms with van der Waals surface area (Å²) in [5.41, 5.74) is 0. The Morgan fingerprint density at radius 2 is 2.19 bits per heavy atom. The van der Waals surface area contributed by atoms with Gasteiger partial charge in [-0.1, -0.05) is 13.3 Å². The molecule has 0 amide bonds. The zero-order valence-corrected chi connectivity index (χ0v) is 11.1. The molecule has 0 aromatic carbocycles. The fraction of sp³-hybridized carbons (Fsp3) is 1.00. The van der Waals surface area contributed by atoms with E-state index in [0.717, 1.165) is 17.9 Å². The van der Waals surface area contributed by atoms with Gasteiger partial charge in [0.1, 0.15) is 0 Å². The van der Waals surface area contributed by atoms with Gasteiger partial charge in [0.25, 0.3) is 0 Å². The van der Waals surface area contributed by atoms with Crippen LogP contribution in [0.4, 0.5) is 0 Å². The molecule has 3 heteroatoms. The lowest BCUT2D eigenvalue weighted by Gasteiger charge is -2.30. The van der Waals surface area contributed by atoms with Crippen LogP contribution in [0.1, 0.15) is 19.8 Å². The van der Waals surface area contributed by atoms with Crippen LogP contribution in [0.2, 0.25) is 0 Å². The molecular formula is C13H27N3. The molecule has 2 fully saturated rings. The van der Waals surface area contributed by atoms with Crippen LogP contribution in [-0.2, 0) is 0 Å². The van der Waals surface area contributed by atoms with E-state index in [0.29, 0.717) is 0 Å². The van der Waals surface area contributed by atoms with Gasteiger partial charge in [0.2, 0.25) is 0 Å². The first-order valence-electron chi connectivity index (χ1n) is 6.80. The normalized spacial score (nSPS) is 36.4. The van der Waals surface area contributed by atoms with Crippen LogP contribution in [0.5, 0.6) is 0 Å². The summed E-state index contributed by atoms with van der Waals surface area (Å²) in [5, 5.41) is 3.54. The first-order chi connectivity index (χ1) is 7.70. The Labute approximate surface area is 100 Å². The van der Waals surface area contributed by atoms with Crippen LogP contribution < -0.4 is 5.32 Å². The van der Waals surface area contributed by atoms with E-state index in [1.165, 1.54) is 45.6 Å². The second-order valence-corrected chi connectivity index (χ2v) is 5.75. The van der Waals surface area contributed by atoms with Gasteiger partial charge in [0.15, 0.2) is 0 Å². The zero-order chi connectivity index (χ0) is 11.5. The SMILES string of the molecule is CCC1CNCC1N(C)CC1CCN(C)C1. The molecule has 2 saturated heterocycles. The fourth-order valence-electron chi connectivity index (χ4n) is 3.37. The smallest absolute Gasteiger partial charge is 0.0257 e. The van der Waals surface area contributed by atoms with Crippen LogP contribution in [0.3, 0.4) is 0 Å². The van der Waals surface area contributed by atoms with Gasteiger partial charge in [-0.15, -0.1) is 0 Å². The quantitative estimate of drug-likeness (QED) is 0.766. The highest BCUT2D eigenvalue weighted by molar-refractivity contribution is 4.88. The molecule has 3 nitrogen and oxygen atoms in total. The molecule has 94 valence electrons. The van der Waals surface area contributed by atoms with E-state index in [-0.39, 0.29) is 0 Å². The van der Waals surface area contributed by atoms with Gasteiger partial charge in [-0.2, -0.15) is 0 Å². The molecular weight excluding hydrogens is 198 g/mol. The average molecular weight is 225 g/mol. The molecule has 2 aliphatic rings. The van der Waals surface area contributed by atoms with Crippen molar-refractivity contribution >= 4 is 0 Å². The minimum Gasteiger partial charge on any atom is -0.315 e. The molecule has 0 radical (unpaired) electrons. The summed E-state index contributed by atoms with van der Waals surface area (Å²) in [7, 11) is 4.56. The van der Waals surface area contributed by atoms with Crippen molar-refractivity contribution in [1.82, 2.24) is 15.1 Å². The Bertz CT molecular complexity index is 219. The topological polar surface area (TPSA) is 18.5 Å². The van der Waals surface area contributed by atoms with E-state index in [1.54, 1.807) is 0 Å². The molecule has 3 unspecified atom stereocenters. The molecule has 2 rings (SSSR count). The molecule has 1 N–H and O–H groups in total. The maximum absolute atomic E-state index is 3.54. The summed E-state index contributed by atoms with van der Waals surface area (Å²) in [6.07, 6.45) is 2.70. The summed E-state index contributed by atoms with van der Waals surface area (Å²) >= 11 is 0. The van der Waals surface area contributed by atoms with Crippen LogP contribution in [0, 0.1) is 11.8 Å². The molecule has 0 spiro atoms. The van der Waals surface area contributed by atoms with Gasteiger partial charge in [-0.3, -0.25) is 0 Å². The van der Waals surface area contributed by atoms with Crippen molar-refractivity contribution in [2.24, 2.45) is 11.8 Å². The van der Waals surface area contributed by atoms with Crippen molar-refractivity contribution in [3.05, 3.63) is 0 Å². The first-order valence-corrected chi connectivity index (χ1v) is 6.80. The van der Waals surface area contributed by atoms with Crippen molar-refractivity contribution < 1.29 is 0 Å². The van der Waals surface area contributed by atoms with Gasteiger partial charge in [0.05, 0.1) is 0 Å². The minimum absolute atomic E-state index is 0.774. The number of nitrogens with one attached hydrogen (secondary N) is 1. The summed E-state index contributed by atoms with van der Waals surface area (Å²) in [5.74, 6) is 1.76. The van der Waals surface area contributed by atoms with Gasteiger partial charge < -0.3 is 15.1 Å². The van der Waals surface area contributed by atoms with E-state index in [9.17, 15) is 0 Å². The molecule has 0 saturated carbocycles. The molecule has 2 heterocycles. The second kappa shape index (κ2) is 5.48. The van der Waals surface area contributed by atoms with Crippen LogP contribution in [0.25, 0.3) is 0 Å². The Kier molecular flexibility index (Phi) is 4.22. The third-order valence-electron chi connectivity index (χ3n) is 4.43. The van der Waals surface area contributed by atoms with E-state index in [2.05, 4.69) is 36.1 Å². The lowest BCUT2D eigenvalue weighted by atomic mass is 9.98. The van der Waals surface area contributed by atoms with E-state index in [4.69, 9.17) is 0 Å². The van der Waals surface area contributed by atoms with Gasteiger partial charge >= 0.3 is 0 Å². The van der Waals surface area contributed by atoms with Crippen LogP contribution in [-0.4, -0.2) is 62.7 Å². The third kappa shape index (κ3) is 2.76. The number of likely N-dealkylation sites (N-methyl/N-ethyl adjacent to an activating group) is 1. The van der Waals surface area contributed by atoms with Crippen molar-refractivity contribution in [1.29, 1.82) is 0 Å². The van der Waals surface area contributed by atoms with Crippen molar-refractivity contribution in [3.63, 3.8) is 0 Å². The lowest BCUT2D eigenvalue weighted by Crippen LogP contribution is -2.41. The summed E-state index contributed by atoms with van der Waals surface area (Å²) in [6, 6.07) is 0.774. The molecule has 2 aliphatic heterocycles.